The van der Waals surface area contributed by atoms with Crippen LogP contribution in [-0.2, 0) is 6.61 Å². The summed E-state index contributed by atoms with van der Waals surface area (Å²) in [4.78, 5) is 0. The molecule has 0 radical (unpaired) electrons. The van der Waals surface area contributed by atoms with Crippen molar-refractivity contribution in [1.29, 1.82) is 0 Å². The third-order valence-electron chi connectivity index (χ3n) is 2.36. The molecule has 2 rings (SSSR count). The van der Waals surface area contributed by atoms with E-state index in [2.05, 4.69) is 17.9 Å². The van der Waals surface area contributed by atoms with E-state index in [1.165, 1.54) is 4.09 Å². The number of anilines is 1. The number of thiol groups is 1. The summed E-state index contributed by atoms with van der Waals surface area (Å²) in [5.41, 5.74) is 8.72. The molecule has 0 bridgehead atoms. The number of aromatic nitrogens is 2. The molecule has 1 aromatic heterocycles. The van der Waals surface area contributed by atoms with Gasteiger partial charge in [-0.1, -0.05) is 26.0 Å². The van der Waals surface area contributed by atoms with Crippen LogP contribution in [0.1, 0.15) is 25.0 Å². The molecule has 2 aromatic rings. The first-order chi connectivity index (χ1) is 8.66. The second-order valence-electron chi connectivity index (χ2n) is 3.51. The van der Waals surface area contributed by atoms with Crippen LogP contribution in [0.4, 0.5) is 5.69 Å². The van der Waals surface area contributed by atoms with Gasteiger partial charge in [0.15, 0.2) is 0 Å². The lowest BCUT2D eigenvalue weighted by Crippen LogP contribution is -2.02. The van der Waals surface area contributed by atoms with Gasteiger partial charge < -0.3 is 10.5 Å². The molecular weight excluding hydrogens is 246 g/mol. The maximum atomic E-state index is 5.87. The second kappa shape index (κ2) is 6.96. The van der Waals surface area contributed by atoms with E-state index in [0.717, 1.165) is 16.8 Å². The Hall–Kier alpha value is -1.62. The molecule has 1 heterocycles. The summed E-state index contributed by atoms with van der Waals surface area (Å²) in [5.74, 6) is 0.539. The topological polar surface area (TPSA) is 53.1 Å². The number of aryl methyl sites for hydroxylation is 1. The molecule has 0 amide bonds. The molecule has 0 unspecified atom stereocenters. The first-order valence-electron chi connectivity index (χ1n) is 5.88. The van der Waals surface area contributed by atoms with E-state index in [-0.39, 0.29) is 0 Å². The Morgan fingerprint density at radius 1 is 1.33 bits per heavy atom. The predicted molar refractivity (Wildman–Crippen MR) is 77.9 cm³/mol. The average Bonchev–Trinajstić information content (AvgIpc) is 2.77. The largest absolute Gasteiger partial charge is 0.472 e. The first-order valence-corrected chi connectivity index (χ1v) is 6.28. The Labute approximate surface area is 113 Å². The van der Waals surface area contributed by atoms with Gasteiger partial charge in [-0.05, 0) is 31.4 Å². The van der Waals surface area contributed by atoms with Crippen molar-refractivity contribution in [2.75, 3.05) is 5.73 Å². The van der Waals surface area contributed by atoms with Gasteiger partial charge in [-0.25, -0.2) is 4.09 Å². The Morgan fingerprint density at radius 2 is 2.06 bits per heavy atom. The number of nitrogens with zero attached hydrogens (tertiary/aromatic N) is 2. The van der Waals surface area contributed by atoms with E-state index >= 15 is 0 Å². The van der Waals surface area contributed by atoms with Crippen LogP contribution < -0.4 is 10.5 Å². The van der Waals surface area contributed by atoms with Crippen molar-refractivity contribution in [1.82, 2.24) is 9.19 Å². The standard InChI is InChI=1S/C11H13N3OS.C2H6/c1-8-3-2-4-10(12)9(8)7-15-11-5-6-14(16)13-11;1-2/h2-6,16H,7,12H2,1H3;1-2H3. The highest BCUT2D eigenvalue weighted by atomic mass is 32.1. The van der Waals surface area contributed by atoms with Crippen molar-refractivity contribution >= 4 is 18.5 Å². The highest BCUT2D eigenvalue weighted by Gasteiger charge is 2.04. The van der Waals surface area contributed by atoms with Crippen molar-refractivity contribution in [3.05, 3.63) is 41.6 Å². The molecule has 0 saturated carbocycles. The fourth-order valence-electron chi connectivity index (χ4n) is 1.44. The molecule has 0 aliphatic heterocycles. The van der Waals surface area contributed by atoms with Gasteiger partial charge in [-0.2, -0.15) is 0 Å². The minimum absolute atomic E-state index is 0.420. The predicted octanol–water partition coefficient (Wildman–Crippen LogP) is 3.07. The first kappa shape index (κ1) is 14.4. The lowest BCUT2D eigenvalue weighted by atomic mass is 10.1. The monoisotopic (exact) mass is 265 g/mol. The summed E-state index contributed by atoms with van der Waals surface area (Å²) in [6.07, 6.45) is 1.71. The summed E-state index contributed by atoms with van der Waals surface area (Å²) in [6.45, 7) is 6.43. The van der Waals surface area contributed by atoms with Gasteiger partial charge in [0.2, 0.25) is 5.88 Å². The lowest BCUT2D eigenvalue weighted by molar-refractivity contribution is 0.293. The van der Waals surface area contributed by atoms with E-state index in [1.54, 1.807) is 12.3 Å². The minimum Gasteiger partial charge on any atom is -0.472 e. The van der Waals surface area contributed by atoms with Gasteiger partial charge in [0, 0.05) is 23.5 Å². The van der Waals surface area contributed by atoms with E-state index in [4.69, 9.17) is 10.5 Å². The fraction of sp³-hybridized carbons (Fsp3) is 0.308. The normalized spacial score (nSPS) is 9.56. The minimum atomic E-state index is 0.420. The summed E-state index contributed by atoms with van der Waals surface area (Å²) in [7, 11) is 0. The summed E-state index contributed by atoms with van der Waals surface area (Å²) >= 11 is 4.03. The zero-order valence-electron chi connectivity index (χ0n) is 10.9. The molecule has 18 heavy (non-hydrogen) atoms. The molecule has 0 aliphatic rings. The molecule has 0 fully saturated rings. The zero-order chi connectivity index (χ0) is 13.5. The third-order valence-corrected chi connectivity index (χ3v) is 2.59. The maximum Gasteiger partial charge on any atom is 0.234 e. The maximum absolute atomic E-state index is 5.87. The number of nitrogen functional groups attached to an aromatic ring is 1. The SMILES string of the molecule is CC.Cc1cccc(N)c1COc1ccn(S)n1. The number of hydrogen-bond donors (Lipinski definition) is 2. The van der Waals surface area contributed by atoms with Crippen LogP contribution in [0.5, 0.6) is 5.88 Å². The van der Waals surface area contributed by atoms with Crippen molar-refractivity contribution in [2.45, 2.75) is 27.4 Å². The zero-order valence-corrected chi connectivity index (χ0v) is 11.8. The van der Waals surface area contributed by atoms with E-state index < -0.39 is 0 Å². The van der Waals surface area contributed by atoms with Gasteiger partial charge >= 0.3 is 0 Å². The van der Waals surface area contributed by atoms with E-state index in [9.17, 15) is 0 Å². The van der Waals surface area contributed by atoms with Gasteiger partial charge in [0.25, 0.3) is 0 Å². The molecule has 0 aliphatic carbocycles. The van der Waals surface area contributed by atoms with Crippen molar-refractivity contribution in [2.24, 2.45) is 0 Å². The van der Waals surface area contributed by atoms with Gasteiger partial charge in [-0.3, -0.25) is 0 Å². The molecule has 5 heteroatoms. The molecule has 98 valence electrons. The van der Waals surface area contributed by atoms with Crippen LogP contribution in [-0.4, -0.2) is 9.19 Å². The quantitative estimate of drug-likeness (QED) is 0.662. The second-order valence-corrected chi connectivity index (χ2v) is 3.92. The van der Waals surface area contributed by atoms with Crippen LogP contribution in [0, 0.1) is 6.92 Å². The van der Waals surface area contributed by atoms with Crippen molar-refractivity contribution in [3.8, 4) is 5.88 Å². The number of ether oxygens (including phenoxy) is 1. The van der Waals surface area contributed by atoms with E-state index in [1.807, 2.05) is 39.0 Å². The highest BCUT2D eigenvalue weighted by molar-refractivity contribution is 7.78. The molecular formula is C13H19N3OS. The molecule has 0 spiro atoms. The number of nitrogens with two attached hydrogens (primary N) is 1. The fourth-order valence-corrected chi connectivity index (χ4v) is 1.60. The number of rotatable bonds is 3. The van der Waals surface area contributed by atoms with E-state index in [0.29, 0.717) is 12.5 Å². The smallest absolute Gasteiger partial charge is 0.234 e. The van der Waals surface area contributed by atoms with Gasteiger partial charge in [0.1, 0.15) is 6.61 Å². The molecule has 1 aromatic carbocycles. The molecule has 0 atom stereocenters. The molecule has 2 N–H and O–H groups in total. The molecule has 4 nitrogen and oxygen atoms in total. The summed E-state index contributed by atoms with van der Waals surface area (Å²) in [5, 5.41) is 4.00. The summed E-state index contributed by atoms with van der Waals surface area (Å²) < 4.78 is 6.91. The highest BCUT2D eigenvalue weighted by Crippen LogP contribution is 2.18. The van der Waals surface area contributed by atoms with Crippen LogP contribution in [0.25, 0.3) is 0 Å². The van der Waals surface area contributed by atoms with Crippen LogP contribution in [0.3, 0.4) is 0 Å². The van der Waals surface area contributed by atoms with Crippen molar-refractivity contribution in [3.63, 3.8) is 0 Å². The van der Waals surface area contributed by atoms with Crippen LogP contribution in [0.15, 0.2) is 30.5 Å². The van der Waals surface area contributed by atoms with Gasteiger partial charge in [-0.15, -0.1) is 5.10 Å². The van der Waals surface area contributed by atoms with Gasteiger partial charge in [0.05, 0.1) is 0 Å². The Morgan fingerprint density at radius 3 is 2.61 bits per heavy atom. The molecule has 0 saturated heterocycles. The Kier molecular flexibility index (Phi) is 5.58. The number of benzene rings is 1. The lowest BCUT2D eigenvalue weighted by Gasteiger charge is -2.09. The Bertz CT molecular complexity index is 476. The average molecular weight is 265 g/mol. The number of hydrogen-bond acceptors (Lipinski definition) is 4. The van der Waals surface area contributed by atoms with Crippen LogP contribution in [0.2, 0.25) is 0 Å². The Balaban J connectivity index is 0.000000771. The summed E-state index contributed by atoms with van der Waals surface area (Å²) in [6, 6.07) is 7.55. The van der Waals surface area contributed by atoms with Crippen molar-refractivity contribution < 1.29 is 4.74 Å². The van der Waals surface area contributed by atoms with Crippen LogP contribution >= 0.6 is 12.8 Å². The third kappa shape index (κ3) is 3.70.